The summed E-state index contributed by atoms with van der Waals surface area (Å²) in [5.74, 6) is 0. The maximum absolute atomic E-state index is 2.56. The molecular formula is C62H42N2. The molecule has 0 radical (unpaired) electrons. The number of aromatic nitrogens is 1. The Morgan fingerprint density at radius 1 is 0.375 bits per heavy atom. The van der Waals surface area contributed by atoms with Crippen LogP contribution in [0.1, 0.15) is 47.2 Å². The molecule has 0 bridgehead atoms. The molecule has 10 aromatic carbocycles. The van der Waals surface area contributed by atoms with Crippen LogP contribution in [0.2, 0.25) is 0 Å². The summed E-state index contributed by atoms with van der Waals surface area (Å²) in [5, 5.41) is 5.10. The van der Waals surface area contributed by atoms with Crippen molar-refractivity contribution in [3.8, 4) is 39.1 Å². The lowest BCUT2D eigenvalue weighted by molar-refractivity contribution is 0.660. The van der Waals surface area contributed by atoms with E-state index in [-0.39, 0.29) is 5.41 Å². The van der Waals surface area contributed by atoms with Crippen LogP contribution in [0.15, 0.2) is 218 Å². The molecule has 0 aliphatic heterocycles. The molecule has 3 aliphatic rings. The summed E-state index contributed by atoms with van der Waals surface area (Å²) in [5.41, 5.74) is 22.1. The van der Waals surface area contributed by atoms with E-state index in [4.69, 9.17) is 0 Å². The molecule has 1 heterocycles. The van der Waals surface area contributed by atoms with E-state index in [9.17, 15) is 0 Å². The summed E-state index contributed by atoms with van der Waals surface area (Å²) in [4.78, 5) is 2.56. The summed E-state index contributed by atoms with van der Waals surface area (Å²) in [6, 6.07) is 82.2. The lowest BCUT2D eigenvalue weighted by Crippen LogP contribution is -2.32. The van der Waals surface area contributed by atoms with E-state index in [1.54, 1.807) is 0 Å². The zero-order valence-corrected chi connectivity index (χ0v) is 35.7. The highest BCUT2D eigenvalue weighted by molar-refractivity contribution is 6.11. The van der Waals surface area contributed by atoms with E-state index in [1.165, 1.54) is 105 Å². The molecule has 64 heavy (non-hydrogen) atoms. The van der Waals surface area contributed by atoms with E-state index in [2.05, 4.69) is 242 Å². The van der Waals surface area contributed by atoms with Crippen LogP contribution in [0.5, 0.6) is 0 Å². The van der Waals surface area contributed by atoms with Gasteiger partial charge >= 0.3 is 0 Å². The van der Waals surface area contributed by atoms with Gasteiger partial charge in [0, 0.05) is 38.8 Å². The van der Waals surface area contributed by atoms with Crippen molar-refractivity contribution in [2.75, 3.05) is 4.90 Å². The number of para-hydroxylation sites is 2. The highest BCUT2D eigenvalue weighted by Gasteiger charge is 2.50. The minimum absolute atomic E-state index is 0.156. The molecule has 0 saturated heterocycles. The van der Waals surface area contributed by atoms with Crippen molar-refractivity contribution in [2.24, 2.45) is 0 Å². The van der Waals surface area contributed by atoms with E-state index in [0.717, 1.165) is 17.1 Å². The minimum Gasteiger partial charge on any atom is -0.310 e. The first-order chi connectivity index (χ1) is 31.5. The number of hydrogen-bond acceptors (Lipinski definition) is 1. The standard InChI is InChI=1S/C62H42N2/c1-61(2)50-26-10-8-24-49(50)60-53(61)29-16-32-57(60)63(42-34-36-47-46-23-9-13-31-56(46)64(58(47)38-42)40-19-4-3-5-20-40)41-33-35-45-48-25-14-17-39-18-15-30-54(59(39)48)62(55(45)37-41)51-27-11-6-21-43(51)44-22-7-12-28-52(44)62/h3-38H,1-2H3. The van der Waals surface area contributed by atoms with Crippen LogP contribution in [0.3, 0.4) is 0 Å². The number of rotatable bonds is 4. The third kappa shape index (κ3) is 4.49. The van der Waals surface area contributed by atoms with Crippen LogP contribution in [0, 0.1) is 0 Å². The van der Waals surface area contributed by atoms with E-state index in [1.807, 2.05) is 0 Å². The summed E-state index contributed by atoms with van der Waals surface area (Å²) in [6.07, 6.45) is 0. The molecule has 0 saturated carbocycles. The van der Waals surface area contributed by atoms with Gasteiger partial charge in [-0.25, -0.2) is 0 Å². The predicted molar refractivity (Wildman–Crippen MR) is 267 cm³/mol. The zero-order chi connectivity index (χ0) is 42.3. The molecule has 0 unspecified atom stereocenters. The van der Waals surface area contributed by atoms with Crippen molar-refractivity contribution in [3.63, 3.8) is 0 Å². The molecular weight excluding hydrogens is 773 g/mol. The Balaban J connectivity index is 1.11. The first-order valence-electron chi connectivity index (χ1n) is 22.5. The molecule has 1 aromatic heterocycles. The molecule has 0 fully saturated rings. The van der Waals surface area contributed by atoms with Crippen molar-refractivity contribution in [3.05, 3.63) is 252 Å². The molecule has 3 aliphatic carbocycles. The van der Waals surface area contributed by atoms with Gasteiger partial charge in [-0.05, 0) is 121 Å². The van der Waals surface area contributed by atoms with Gasteiger partial charge in [0.2, 0.25) is 0 Å². The maximum Gasteiger partial charge on any atom is 0.0726 e. The number of benzene rings is 10. The van der Waals surface area contributed by atoms with Gasteiger partial charge in [0.1, 0.15) is 0 Å². The normalized spacial score (nSPS) is 14.3. The molecule has 1 spiro atoms. The van der Waals surface area contributed by atoms with Crippen LogP contribution in [-0.4, -0.2) is 4.57 Å². The van der Waals surface area contributed by atoms with Gasteiger partial charge in [0.25, 0.3) is 0 Å². The number of anilines is 3. The second-order valence-electron chi connectivity index (χ2n) is 18.4. The Labute approximate surface area is 372 Å². The first kappa shape index (κ1) is 35.6. The lowest BCUT2D eigenvalue weighted by Gasteiger charge is -2.41. The molecule has 0 atom stereocenters. The number of hydrogen-bond donors (Lipinski definition) is 0. The van der Waals surface area contributed by atoms with Gasteiger partial charge in [-0.2, -0.15) is 0 Å². The fourth-order valence-corrected chi connectivity index (χ4v) is 12.4. The molecule has 2 nitrogen and oxygen atoms in total. The largest absolute Gasteiger partial charge is 0.310 e. The lowest BCUT2D eigenvalue weighted by atomic mass is 9.61. The second-order valence-corrected chi connectivity index (χ2v) is 18.4. The molecule has 0 N–H and O–H groups in total. The van der Waals surface area contributed by atoms with Crippen molar-refractivity contribution >= 4 is 49.6 Å². The Kier molecular flexibility index (Phi) is 7.13. The van der Waals surface area contributed by atoms with Crippen molar-refractivity contribution < 1.29 is 0 Å². The van der Waals surface area contributed by atoms with Gasteiger partial charge in [-0.1, -0.05) is 184 Å². The highest BCUT2D eigenvalue weighted by Crippen LogP contribution is 2.63. The fraction of sp³-hybridized carbons (Fsp3) is 0.0645. The molecule has 0 amide bonds. The SMILES string of the molecule is CC1(C)c2ccccc2-c2c(N(c3ccc4c(c3)C3(c5ccccc5-c5ccccc53)c3cccc5cccc-4c35)c3ccc4c5ccccc5n(-c5ccccc5)c4c3)cccc21. The van der Waals surface area contributed by atoms with Crippen molar-refractivity contribution in [2.45, 2.75) is 24.7 Å². The van der Waals surface area contributed by atoms with Crippen molar-refractivity contribution in [1.29, 1.82) is 0 Å². The molecule has 2 heteroatoms. The fourth-order valence-electron chi connectivity index (χ4n) is 12.4. The number of nitrogens with zero attached hydrogens (tertiary/aromatic N) is 2. The zero-order valence-electron chi connectivity index (χ0n) is 35.7. The summed E-state index contributed by atoms with van der Waals surface area (Å²) in [7, 11) is 0. The Morgan fingerprint density at radius 2 is 0.938 bits per heavy atom. The van der Waals surface area contributed by atoms with Crippen LogP contribution in [0.4, 0.5) is 17.1 Å². The summed E-state index contributed by atoms with van der Waals surface area (Å²) < 4.78 is 2.44. The van der Waals surface area contributed by atoms with Gasteiger partial charge < -0.3 is 9.47 Å². The van der Waals surface area contributed by atoms with Gasteiger partial charge in [0.15, 0.2) is 0 Å². The predicted octanol–water partition coefficient (Wildman–Crippen LogP) is 16.1. The third-order valence-corrected chi connectivity index (χ3v) is 15.0. The van der Waals surface area contributed by atoms with E-state index >= 15 is 0 Å². The minimum atomic E-state index is -0.533. The topological polar surface area (TPSA) is 8.17 Å². The van der Waals surface area contributed by atoms with Crippen LogP contribution in [-0.2, 0) is 10.8 Å². The Hall–Kier alpha value is -7.94. The average Bonchev–Trinajstić information content (AvgIpc) is 3.92. The van der Waals surface area contributed by atoms with Crippen LogP contribution < -0.4 is 4.90 Å². The second kappa shape index (κ2) is 12.8. The monoisotopic (exact) mass is 814 g/mol. The van der Waals surface area contributed by atoms with Gasteiger partial charge in [0.05, 0.1) is 22.1 Å². The molecule has 300 valence electrons. The van der Waals surface area contributed by atoms with Crippen LogP contribution in [0.25, 0.3) is 71.6 Å². The smallest absolute Gasteiger partial charge is 0.0726 e. The summed E-state index contributed by atoms with van der Waals surface area (Å²) in [6.45, 7) is 4.76. The Morgan fingerprint density at radius 3 is 1.73 bits per heavy atom. The average molecular weight is 815 g/mol. The first-order valence-corrected chi connectivity index (χ1v) is 22.5. The van der Waals surface area contributed by atoms with Crippen LogP contribution >= 0.6 is 0 Å². The van der Waals surface area contributed by atoms with Gasteiger partial charge in [-0.3, -0.25) is 0 Å². The van der Waals surface area contributed by atoms with E-state index < -0.39 is 5.41 Å². The maximum atomic E-state index is 2.56. The van der Waals surface area contributed by atoms with Gasteiger partial charge in [-0.15, -0.1) is 0 Å². The molecule has 14 rings (SSSR count). The van der Waals surface area contributed by atoms with Crippen molar-refractivity contribution in [1.82, 2.24) is 4.57 Å². The van der Waals surface area contributed by atoms with E-state index in [0.29, 0.717) is 0 Å². The molecule has 11 aromatic rings. The highest BCUT2D eigenvalue weighted by atomic mass is 15.1. The third-order valence-electron chi connectivity index (χ3n) is 15.0. The number of fused-ring (bicyclic) bond motifs is 15. The summed E-state index contributed by atoms with van der Waals surface area (Å²) >= 11 is 0. The quantitative estimate of drug-likeness (QED) is 0.172. The Bertz CT molecular complexity index is 3720.